The highest BCUT2D eigenvalue weighted by Crippen LogP contribution is 2.25. The van der Waals surface area contributed by atoms with Crippen LogP contribution in [-0.2, 0) is 6.54 Å². The average Bonchev–Trinajstić information content (AvgIpc) is 2.46. The van der Waals surface area contributed by atoms with Gasteiger partial charge in [0.2, 0.25) is 0 Å². The van der Waals surface area contributed by atoms with Crippen LogP contribution in [0.2, 0.25) is 0 Å². The van der Waals surface area contributed by atoms with Crippen molar-refractivity contribution >= 4 is 11.4 Å². The van der Waals surface area contributed by atoms with E-state index in [1.54, 1.807) is 7.11 Å². The van der Waals surface area contributed by atoms with Gasteiger partial charge in [0.15, 0.2) is 0 Å². The van der Waals surface area contributed by atoms with Crippen LogP contribution in [0.4, 0.5) is 15.8 Å². The van der Waals surface area contributed by atoms with Gasteiger partial charge in [-0.25, -0.2) is 4.39 Å². The second-order valence-corrected chi connectivity index (χ2v) is 4.12. The molecular weight excluding hydrogens is 263 g/mol. The molecular formula is C14H13FN2O3. The average molecular weight is 276 g/mol. The summed E-state index contributed by atoms with van der Waals surface area (Å²) < 4.78 is 18.1. The molecule has 0 aliphatic heterocycles. The number of halogens is 1. The van der Waals surface area contributed by atoms with Gasteiger partial charge in [0, 0.05) is 6.54 Å². The SMILES string of the molecule is COc1cccc(CNc2ccc(F)cc2[N+](=O)[O-])c1. The summed E-state index contributed by atoms with van der Waals surface area (Å²) in [5.74, 6) is 0.0709. The number of benzene rings is 2. The van der Waals surface area contributed by atoms with Crippen molar-refractivity contribution in [2.45, 2.75) is 6.54 Å². The van der Waals surface area contributed by atoms with Crippen LogP contribution in [0.5, 0.6) is 5.75 Å². The molecule has 0 unspecified atom stereocenters. The van der Waals surface area contributed by atoms with Crippen LogP contribution < -0.4 is 10.1 Å². The summed E-state index contributed by atoms with van der Waals surface area (Å²) in [7, 11) is 1.57. The van der Waals surface area contributed by atoms with Crippen molar-refractivity contribution in [3.05, 3.63) is 64.0 Å². The zero-order valence-electron chi connectivity index (χ0n) is 10.8. The third-order valence-corrected chi connectivity index (χ3v) is 2.77. The first-order chi connectivity index (χ1) is 9.60. The van der Waals surface area contributed by atoms with E-state index in [4.69, 9.17) is 4.74 Å². The summed E-state index contributed by atoms with van der Waals surface area (Å²) in [5.41, 5.74) is 0.898. The van der Waals surface area contributed by atoms with Gasteiger partial charge in [-0.3, -0.25) is 10.1 Å². The summed E-state index contributed by atoms with van der Waals surface area (Å²) in [5, 5.41) is 13.8. The fraction of sp³-hybridized carbons (Fsp3) is 0.143. The molecule has 2 aromatic carbocycles. The summed E-state index contributed by atoms with van der Waals surface area (Å²) in [4.78, 5) is 10.3. The molecule has 2 rings (SSSR count). The minimum Gasteiger partial charge on any atom is -0.497 e. The topological polar surface area (TPSA) is 64.4 Å². The first kappa shape index (κ1) is 13.8. The minimum absolute atomic E-state index is 0.277. The number of nitro groups is 1. The van der Waals surface area contributed by atoms with Crippen LogP contribution >= 0.6 is 0 Å². The van der Waals surface area contributed by atoms with Crippen LogP contribution in [0.3, 0.4) is 0 Å². The molecule has 0 aromatic heterocycles. The van der Waals surface area contributed by atoms with Gasteiger partial charge in [0.1, 0.15) is 17.3 Å². The van der Waals surface area contributed by atoms with Gasteiger partial charge in [0.05, 0.1) is 18.1 Å². The molecule has 0 spiro atoms. The highest BCUT2D eigenvalue weighted by Gasteiger charge is 2.14. The van der Waals surface area contributed by atoms with E-state index in [1.807, 2.05) is 24.3 Å². The Morgan fingerprint density at radius 1 is 1.30 bits per heavy atom. The van der Waals surface area contributed by atoms with Crippen LogP contribution in [0.1, 0.15) is 5.56 Å². The van der Waals surface area contributed by atoms with Crippen molar-refractivity contribution in [3.63, 3.8) is 0 Å². The Hall–Kier alpha value is -2.63. The molecule has 0 fully saturated rings. The van der Waals surface area contributed by atoms with E-state index >= 15 is 0 Å². The molecule has 0 bridgehead atoms. The Labute approximate surface area is 115 Å². The first-order valence-electron chi connectivity index (χ1n) is 5.91. The van der Waals surface area contributed by atoms with Gasteiger partial charge >= 0.3 is 0 Å². The molecule has 0 radical (unpaired) electrons. The maximum atomic E-state index is 13.0. The molecule has 20 heavy (non-hydrogen) atoms. The zero-order chi connectivity index (χ0) is 14.5. The molecule has 1 N–H and O–H groups in total. The van der Waals surface area contributed by atoms with Gasteiger partial charge < -0.3 is 10.1 Å². The maximum absolute atomic E-state index is 13.0. The number of rotatable bonds is 5. The Kier molecular flexibility index (Phi) is 4.14. The van der Waals surface area contributed by atoms with Gasteiger partial charge in [-0.2, -0.15) is 0 Å². The number of anilines is 1. The summed E-state index contributed by atoms with van der Waals surface area (Å²) in [6.45, 7) is 0.379. The van der Waals surface area contributed by atoms with E-state index in [0.29, 0.717) is 12.3 Å². The molecule has 0 aliphatic carbocycles. The number of ether oxygens (including phenoxy) is 1. The Morgan fingerprint density at radius 3 is 2.80 bits per heavy atom. The number of hydrogen-bond acceptors (Lipinski definition) is 4. The van der Waals surface area contributed by atoms with Crippen molar-refractivity contribution < 1.29 is 14.1 Å². The lowest BCUT2D eigenvalue weighted by molar-refractivity contribution is -0.384. The highest BCUT2D eigenvalue weighted by molar-refractivity contribution is 5.61. The number of methoxy groups -OCH3 is 1. The third-order valence-electron chi connectivity index (χ3n) is 2.77. The predicted octanol–water partition coefficient (Wildman–Crippen LogP) is 3.35. The first-order valence-corrected chi connectivity index (χ1v) is 5.91. The quantitative estimate of drug-likeness (QED) is 0.671. The zero-order valence-corrected chi connectivity index (χ0v) is 10.8. The Bertz CT molecular complexity index is 632. The van der Waals surface area contributed by atoms with Gasteiger partial charge in [0.25, 0.3) is 5.69 Å². The van der Waals surface area contributed by atoms with Crippen molar-refractivity contribution in [1.82, 2.24) is 0 Å². The van der Waals surface area contributed by atoms with Crippen LogP contribution in [0, 0.1) is 15.9 Å². The van der Waals surface area contributed by atoms with Crippen LogP contribution in [0.15, 0.2) is 42.5 Å². The standard InChI is InChI=1S/C14H13FN2O3/c1-20-12-4-2-3-10(7-12)9-16-13-6-5-11(15)8-14(13)17(18)19/h2-8,16H,9H2,1H3. The summed E-state index contributed by atoms with van der Waals surface area (Å²) >= 11 is 0. The molecule has 6 heteroatoms. The molecule has 2 aromatic rings. The minimum atomic E-state index is -0.636. The summed E-state index contributed by atoms with van der Waals surface area (Å²) in [6, 6.07) is 10.8. The molecule has 0 saturated carbocycles. The van der Waals surface area contributed by atoms with E-state index < -0.39 is 10.7 Å². The molecule has 0 heterocycles. The highest BCUT2D eigenvalue weighted by atomic mass is 19.1. The molecule has 0 saturated heterocycles. The lowest BCUT2D eigenvalue weighted by atomic mass is 10.2. The second-order valence-electron chi connectivity index (χ2n) is 4.12. The lowest BCUT2D eigenvalue weighted by Crippen LogP contribution is -2.03. The number of nitro benzene ring substituents is 1. The van der Waals surface area contributed by atoms with Crippen molar-refractivity contribution in [3.8, 4) is 5.75 Å². The number of nitrogens with zero attached hydrogens (tertiary/aromatic N) is 1. The fourth-order valence-electron chi connectivity index (χ4n) is 1.79. The smallest absolute Gasteiger partial charge is 0.295 e. The number of hydrogen-bond donors (Lipinski definition) is 1. The third kappa shape index (κ3) is 3.23. The largest absolute Gasteiger partial charge is 0.497 e. The Morgan fingerprint density at radius 2 is 2.10 bits per heavy atom. The van der Waals surface area contributed by atoms with E-state index in [-0.39, 0.29) is 11.4 Å². The molecule has 5 nitrogen and oxygen atoms in total. The van der Waals surface area contributed by atoms with E-state index in [0.717, 1.165) is 11.6 Å². The van der Waals surface area contributed by atoms with E-state index in [9.17, 15) is 14.5 Å². The van der Waals surface area contributed by atoms with Crippen molar-refractivity contribution in [1.29, 1.82) is 0 Å². The second kappa shape index (κ2) is 6.01. The fourth-order valence-corrected chi connectivity index (χ4v) is 1.79. The van der Waals surface area contributed by atoms with Gasteiger partial charge in [-0.05, 0) is 29.8 Å². The van der Waals surface area contributed by atoms with E-state index in [1.165, 1.54) is 12.1 Å². The molecule has 104 valence electrons. The maximum Gasteiger partial charge on any atom is 0.295 e. The van der Waals surface area contributed by atoms with Gasteiger partial charge in [-0.15, -0.1) is 0 Å². The van der Waals surface area contributed by atoms with Crippen LogP contribution in [-0.4, -0.2) is 12.0 Å². The molecule has 0 aliphatic rings. The number of nitrogens with one attached hydrogen (secondary N) is 1. The lowest BCUT2D eigenvalue weighted by Gasteiger charge is -2.08. The van der Waals surface area contributed by atoms with Gasteiger partial charge in [-0.1, -0.05) is 12.1 Å². The summed E-state index contributed by atoms with van der Waals surface area (Å²) in [6.07, 6.45) is 0. The predicted molar refractivity (Wildman–Crippen MR) is 73.4 cm³/mol. The Balaban J connectivity index is 2.16. The van der Waals surface area contributed by atoms with Crippen LogP contribution in [0.25, 0.3) is 0 Å². The molecule has 0 amide bonds. The van der Waals surface area contributed by atoms with E-state index in [2.05, 4.69) is 5.32 Å². The monoisotopic (exact) mass is 276 g/mol. The molecule has 0 atom stereocenters. The van der Waals surface area contributed by atoms with Crippen molar-refractivity contribution in [2.75, 3.05) is 12.4 Å². The van der Waals surface area contributed by atoms with Crippen molar-refractivity contribution in [2.24, 2.45) is 0 Å². The normalized spacial score (nSPS) is 10.1.